The summed E-state index contributed by atoms with van der Waals surface area (Å²) in [5.74, 6) is 0.857. The minimum absolute atomic E-state index is 0.0779. The minimum Gasteiger partial charge on any atom is -0.493 e. The van der Waals surface area contributed by atoms with E-state index in [-0.39, 0.29) is 6.04 Å². The van der Waals surface area contributed by atoms with Gasteiger partial charge in [-0.15, -0.1) is 0 Å². The third kappa shape index (κ3) is 4.25. The fraction of sp³-hybridized carbons (Fsp3) is 0.400. The molecular formula is C15H20ClN3O. The first kappa shape index (κ1) is 14.9. The van der Waals surface area contributed by atoms with Crippen molar-refractivity contribution in [3.8, 4) is 5.75 Å². The van der Waals surface area contributed by atoms with E-state index >= 15 is 0 Å². The van der Waals surface area contributed by atoms with Crippen LogP contribution in [0.4, 0.5) is 0 Å². The number of halogens is 1. The summed E-state index contributed by atoms with van der Waals surface area (Å²) in [5.41, 5.74) is 8.07. The SMILES string of the molecule is CC(N)Cc1cc(Cl)ccc1OCCc1cnn(C)c1. The molecule has 20 heavy (non-hydrogen) atoms. The molecule has 1 unspecified atom stereocenters. The molecule has 0 saturated carbocycles. The van der Waals surface area contributed by atoms with Crippen LogP contribution in [0.25, 0.3) is 0 Å². The van der Waals surface area contributed by atoms with E-state index in [4.69, 9.17) is 22.1 Å². The molecule has 0 saturated heterocycles. The molecule has 1 aromatic carbocycles. The van der Waals surface area contributed by atoms with Crippen LogP contribution in [0, 0.1) is 0 Å². The number of ether oxygens (including phenoxy) is 1. The van der Waals surface area contributed by atoms with Crippen molar-refractivity contribution < 1.29 is 4.74 Å². The van der Waals surface area contributed by atoms with Gasteiger partial charge in [0.15, 0.2) is 0 Å². The molecule has 0 aliphatic heterocycles. The number of rotatable bonds is 6. The van der Waals surface area contributed by atoms with E-state index in [9.17, 15) is 0 Å². The van der Waals surface area contributed by atoms with Crippen molar-refractivity contribution in [1.29, 1.82) is 0 Å². The molecule has 0 spiro atoms. The first-order valence-electron chi connectivity index (χ1n) is 6.69. The van der Waals surface area contributed by atoms with E-state index in [0.29, 0.717) is 11.6 Å². The smallest absolute Gasteiger partial charge is 0.122 e. The average Bonchev–Trinajstić information content (AvgIpc) is 2.77. The predicted octanol–water partition coefficient (Wildman–Crippen LogP) is 2.58. The molecule has 1 aromatic heterocycles. The summed E-state index contributed by atoms with van der Waals surface area (Å²) in [7, 11) is 1.91. The number of hydrogen-bond donors (Lipinski definition) is 1. The van der Waals surface area contributed by atoms with Crippen molar-refractivity contribution in [2.75, 3.05) is 6.61 Å². The van der Waals surface area contributed by atoms with E-state index in [0.717, 1.165) is 29.7 Å². The summed E-state index contributed by atoms with van der Waals surface area (Å²) in [4.78, 5) is 0. The van der Waals surface area contributed by atoms with Gasteiger partial charge < -0.3 is 10.5 Å². The summed E-state index contributed by atoms with van der Waals surface area (Å²) in [6.45, 7) is 2.58. The van der Waals surface area contributed by atoms with Crippen LogP contribution in [0.3, 0.4) is 0 Å². The summed E-state index contributed by atoms with van der Waals surface area (Å²) >= 11 is 6.03. The van der Waals surface area contributed by atoms with Gasteiger partial charge in [-0.1, -0.05) is 11.6 Å². The quantitative estimate of drug-likeness (QED) is 0.890. The van der Waals surface area contributed by atoms with Gasteiger partial charge in [-0.25, -0.2) is 0 Å². The van der Waals surface area contributed by atoms with Gasteiger partial charge >= 0.3 is 0 Å². The molecule has 108 valence electrons. The van der Waals surface area contributed by atoms with Crippen molar-refractivity contribution in [2.45, 2.75) is 25.8 Å². The summed E-state index contributed by atoms with van der Waals surface area (Å²) < 4.78 is 7.65. The standard InChI is InChI=1S/C15H20ClN3O/c1-11(17)7-13-8-14(16)3-4-15(13)20-6-5-12-9-18-19(2)10-12/h3-4,8-11H,5-7,17H2,1-2H3. The lowest BCUT2D eigenvalue weighted by Crippen LogP contribution is -2.18. The zero-order valence-corrected chi connectivity index (χ0v) is 12.6. The maximum Gasteiger partial charge on any atom is 0.122 e. The number of aryl methyl sites for hydroxylation is 1. The highest BCUT2D eigenvalue weighted by Crippen LogP contribution is 2.24. The Hall–Kier alpha value is -1.52. The van der Waals surface area contributed by atoms with Crippen LogP contribution < -0.4 is 10.5 Å². The highest BCUT2D eigenvalue weighted by Gasteiger charge is 2.07. The average molecular weight is 294 g/mol. The van der Waals surface area contributed by atoms with E-state index in [1.54, 1.807) is 4.68 Å². The Labute approximate surface area is 124 Å². The second-order valence-corrected chi connectivity index (χ2v) is 5.49. The Kier molecular flexibility index (Phi) is 5.04. The molecule has 4 nitrogen and oxygen atoms in total. The second-order valence-electron chi connectivity index (χ2n) is 5.05. The topological polar surface area (TPSA) is 53.1 Å². The molecule has 5 heteroatoms. The zero-order valence-electron chi connectivity index (χ0n) is 11.8. The fourth-order valence-corrected chi connectivity index (χ4v) is 2.27. The van der Waals surface area contributed by atoms with E-state index in [2.05, 4.69) is 5.10 Å². The van der Waals surface area contributed by atoms with Gasteiger partial charge in [0.2, 0.25) is 0 Å². The normalized spacial score (nSPS) is 12.4. The monoisotopic (exact) mass is 293 g/mol. The fourth-order valence-electron chi connectivity index (χ4n) is 2.08. The van der Waals surface area contributed by atoms with E-state index in [1.165, 1.54) is 0 Å². The van der Waals surface area contributed by atoms with Crippen molar-refractivity contribution in [3.63, 3.8) is 0 Å². The van der Waals surface area contributed by atoms with Gasteiger partial charge in [0.1, 0.15) is 5.75 Å². The van der Waals surface area contributed by atoms with E-state index < -0.39 is 0 Å². The number of nitrogens with two attached hydrogens (primary N) is 1. The third-order valence-corrected chi connectivity index (χ3v) is 3.21. The van der Waals surface area contributed by atoms with Crippen LogP contribution >= 0.6 is 11.6 Å². The van der Waals surface area contributed by atoms with Crippen LogP contribution in [-0.2, 0) is 19.9 Å². The molecule has 0 amide bonds. The first-order chi connectivity index (χ1) is 9.54. The highest BCUT2D eigenvalue weighted by atomic mass is 35.5. The second kappa shape index (κ2) is 6.77. The lowest BCUT2D eigenvalue weighted by atomic mass is 10.1. The minimum atomic E-state index is 0.0779. The number of aromatic nitrogens is 2. The Morgan fingerprint density at radius 2 is 2.25 bits per heavy atom. The Morgan fingerprint density at radius 3 is 2.90 bits per heavy atom. The van der Waals surface area contributed by atoms with Gasteiger partial charge in [-0.05, 0) is 42.7 Å². The molecule has 0 radical (unpaired) electrons. The van der Waals surface area contributed by atoms with E-state index in [1.807, 2.05) is 44.6 Å². The third-order valence-electron chi connectivity index (χ3n) is 2.97. The Bertz CT molecular complexity index is 566. The molecule has 0 aliphatic carbocycles. The predicted molar refractivity (Wildman–Crippen MR) is 81.2 cm³/mol. The Balaban J connectivity index is 1.97. The van der Waals surface area contributed by atoms with Gasteiger partial charge in [0, 0.05) is 30.7 Å². The van der Waals surface area contributed by atoms with Gasteiger partial charge in [-0.2, -0.15) is 5.10 Å². The van der Waals surface area contributed by atoms with Gasteiger partial charge in [0.05, 0.1) is 12.8 Å². The van der Waals surface area contributed by atoms with Crippen molar-refractivity contribution >= 4 is 11.6 Å². The van der Waals surface area contributed by atoms with Crippen LogP contribution in [0.1, 0.15) is 18.1 Å². The van der Waals surface area contributed by atoms with Crippen LogP contribution in [0.15, 0.2) is 30.6 Å². The molecule has 2 aromatic rings. The van der Waals surface area contributed by atoms with Crippen LogP contribution in [-0.4, -0.2) is 22.4 Å². The molecule has 2 N–H and O–H groups in total. The van der Waals surface area contributed by atoms with Crippen molar-refractivity contribution in [2.24, 2.45) is 12.8 Å². The lowest BCUT2D eigenvalue weighted by Gasteiger charge is -2.13. The molecule has 2 rings (SSSR count). The highest BCUT2D eigenvalue weighted by molar-refractivity contribution is 6.30. The Morgan fingerprint density at radius 1 is 1.45 bits per heavy atom. The maximum atomic E-state index is 6.03. The van der Waals surface area contributed by atoms with Crippen molar-refractivity contribution in [3.05, 3.63) is 46.7 Å². The van der Waals surface area contributed by atoms with Crippen molar-refractivity contribution in [1.82, 2.24) is 9.78 Å². The van der Waals surface area contributed by atoms with Crippen LogP contribution in [0.2, 0.25) is 5.02 Å². The summed E-state index contributed by atoms with van der Waals surface area (Å²) in [5, 5.41) is 4.85. The zero-order chi connectivity index (χ0) is 14.5. The molecule has 0 fully saturated rings. The first-order valence-corrected chi connectivity index (χ1v) is 7.06. The van der Waals surface area contributed by atoms with Crippen LogP contribution in [0.5, 0.6) is 5.75 Å². The molecular weight excluding hydrogens is 274 g/mol. The number of benzene rings is 1. The lowest BCUT2D eigenvalue weighted by molar-refractivity contribution is 0.318. The molecule has 1 heterocycles. The largest absolute Gasteiger partial charge is 0.493 e. The summed E-state index contributed by atoms with van der Waals surface area (Å²) in [6, 6.07) is 5.74. The maximum absolute atomic E-state index is 6.03. The number of nitrogens with zero attached hydrogens (tertiary/aromatic N) is 2. The van der Waals surface area contributed by atoms with Gasteiger partial charge in [0.25, 0.3) is 0 Å². The molecule has 0 bridgehead atoms. The number of hydrogen-bond acceptors (Lipinski definition) is 3. The van der Waals surface area contributed by atoms with Gasteiger partial charge in [-0.3, -0.25) is 4.68 Å². The summed E-state index contributed by atoms with van der Waals surface area (Å²) in [6.07, 6.45) is 5.43. The molecule has 0 aliphatic rings. The molecule has 1 atom stereocenters.